The second kappa shape index (κ2) is 37.2. The summed E-state index contributed by atoms with van der Waals surface area (Å²) in [6.45, 7) is 6.58. The van der Waals surface area contributed by atoms with Crippen LogP contribution in [-0.2, 0) is 28.6 Å². The van der Waals surface area contributed by atoms with E-state index in [1.54, 1.807) is 0 Å². The van der Waals surface area contributed by atoms with Crippen molar-refractivity contribution in [1.29, 1.82) is 0 Å². The lowest BCUT2D eigenvalue weighted by atomic mass is 10.1. The molecule has 0 spiro atoms. The second-order valence-corrected chi connectivity index (χ2v) is 13.9. The fourth-order valence-electron chi connectivity index (χ4n) is 5.97. The second-order valence-electron chi connectivity index (χ2n) is 13.9. The van der Waals surface area contributed by atoms with E-state index in [0.717, 1.165) is 57.8 Å². The Bertz CT molecular complexity index is 693. The monoisotopic (exact) mass is 667 g/mol. The molecule has 0 bridgehead atoms. The van der Waals surface area contributed by atoms with Crippen LogP contribution in [0.15, 0.2) is 0 Å². The van der Waals surface area contributed by atoms with Gasteiger partial charge in [-0.1, -0.05) is 188 Å². The van der Waals surface area contributed by atoms with E-state index in [4.69, 9.17) is 14.2 Å². The molecule has 278 valence electrons. The molecule has 0 aliphatic heterocycles. The Morgan fingerprint density at radius 2 is 0.574 bits per heavy atom. The van der Waals surface area contributed by atoms with Crippen molar-refractivity contribution in [1.82, 2.24) is 0 Å². The van der Waals surface area contributed by atoms with Crippen LogP contribution in [0.1, 0.15) is 226 Å². The summed E-state index contributed by atoms with van der Waals surface area (Å²) in [4.78, 5) is 37.4. The van der Waals surface area contributed by atoms with Crippen LogP contribution in [0.25, 0.3) is 0 Å². The Hall–Kier alpha value is -1.59. The topological polar surface area (TPSA) is 78.9 Å². The lowest BCUT2D eigenvalue weighted by Crippen LogP contribution is -2.30. The number of carbonyl (C=O) groups excluding carboxylic acids is 3. The highest BCUT2D eigenvalue weighted by Crippen LogP contribution is 2.15. The molecule has 0 aromatic carbocycles. The summed E-state index contributed by atoms with van der Waals surface area (Å²) < 4.78 is 16.6. The summed E-state index contributed by atoms with van der Waals surface area (Å²) in [5.74, 6) is -0.866. The molecular formula is C41H78O6. The van der Waals surface area contributed by atoms with Crippen LogP contribution in [0.2, 0.25) is 0 Å². The summed E-state index contributed by atoms with van der Waals surface area (Å²) in [5, 5.41) is 0. The first-order chi connectivity index (χ1) is 23.0. The molecule has 0 aliphatic carbocycles. The summed E-state index contributed by atoms with van der Waals surface area (Å²) >= 11 is 0. The zero-order chi connectivity index (χ0) is 34.5. The largest absolute Gasteiger partial charge is 0.462 e. The molecule has 0 saturated heterocycles. The van der Waals surface area contributed by atoms with Crippen molar-refractivity contribution in [2.45, 2.75) is 232 Å². The number of esters is 3. The first-order valence-electron chi connectivity index (χ1n) is 20.5. The van der Waals surface area contributed by atoms with Gasteiger partial charge in [-0.25, -0.2) is 0 Å². The quantitative estimate of drug-likeness (QED) is 0.0373. The lowest BCUT2D eigenvalue weighted by Gasteiger charge is -2.18. The molecule has 0 unspecified atom stereocenters. The Balaban J connectivity index is 4.31. The maximum Gasteiger partial charge on any atom is 0.306 e. The van der Waals surface area contributed by atoms with Crippen molar-refractivity contribution >= 4 is 17.9 Å². The van der Waals surface area contributed by atoms with E-state index >= 15 is 0 Å². The molecule has 47 heavy (non-hydrogen) atoms. The molecule has 0 aromatic rings. The van der Waals surface area contributed by atoms with Crippen LogP contribution in [-0.4, -0.2) is 37.2 Å². The van der Waals surface area contributed by atoms with Gasteiger partial charge in [-0.05, 0) is 19.3 Å². The first-order valence-corrected chi connectivity index (χ1v) is 20.5. The predicted molar refractivity (Wildman–Crippen MR) is 197 cm³/mol. The lowest BCUT2D eigenvalue weighted by molar-refractivity contribution is -0.167. The molecule has 6 nitrogen and oxygen atoms in total. The van der Waals surface area contributed by atoms with E-state index in [2.05, 4.69) is 20.8 Å². The van der Waals surface area contributed by atoms with Crippen LogP contribution < -0.4 is 0 Å². The van der Waals surface area contributed by atoms with Gasteiger partial charge >= 0.3 is 17.9 Å². The van der Waals surface area contributed by atoms with Gasteiger partial charge in [0.05, 0.1) is 0 Å². The smallest absolute Gasteiger partial charge is 0.306 e. The molecule has 0 radical (unpaired) electrons. The molecule has 6 heteroatoms. The highest BCUT2D eigenvalue weighted by Gasteiger charge is 2.19. The number of unbranched alkanes of at least 4 members (excludes halogenated alkanes) is 26. The Labute approximate surface area is 291 Å². The summed E-state index contributed by atoms with van der Waals surface area (Å²) in [5.41, 5.74) is 0. The van der Waals surface area contributed by atoms with Gasteiger partial charge in [0, 0.05) is 19.3 Å². The SMILES string of the molecule is CCCCCCCCCCCCCC(=O)OC[C@H](COC(=O)CCCCCCCCC)OC(=O)CCCCCCCCCCCCC. The average Bonchev–Trinajstić information content (AvgIpc) is 3.06. The third kappa shape index (κ3) is 35.5. The average molecular weight is 667 g/mol. The van der Waals surface area contributed by atoms with Crippen LogP contribution in [0.5, 0.6) is 0 Å². The van der Waals surface area contributed by atoms with Crippen molar-refractivity contribution in [2.75, 3.05) is 13.2 Å². The summed E-state index contributed by atoms with van der Waals surface area (Å²) in [6, 6.07) is 0. The number of ether oxygens (including phenoxy) is 3. The first kappa shape index (κ1) is 45.4. The number of carbonyl (C=O) groups is 3. The molecule has 0 rings (SSSR count). The minimum Gasteiger partial charge on any atom is -0.462 e. The number of rotatable bonds is 37. The van der Waals surface area contributed by atoms with Crippen molar-refractivity contribution in [3.8, 4) is 0 Å². The van der Waals surface area contributed by atoms with Gasteiger partial charge in [0.2, 0.25) is 0 Å². The Morgan fingerprint density at radius 1 is 0.340 bits per heavy atom. The molecule has 0 heterocycles. The van der Waals surface area contributed by atoms with Crippen molar-refractivity contribution in [3.05, 3.63) is 0 Å². The standard InChI is InChI=1S/C41H78O6/c1-4-7-10-13-16-18-20-22-25-28-31-34-40(43)46-37-38(36-45-39(42)33-30-27-24-15-12-9-6-3)47-41(44)35-32-29-26-23-21-19-17-14-11-8-5-2/h38H,4-37H2,1-3H3/t38-/m0/s1. The van der Waals surface area contributed by atoms with E-state index < -0.39 is 6.10 Å². The van der Waals surface area contributed by atoms with Gasteiger partial charge in [-0.3, -0.25) is 14.4 Å². The Kier molecular flexibility index (Phi) is 36.0. The molecule has 0 N–H and O–H groups in total. The van der Waals surface area contributed by atoms with E-state index in [0.29, 0.717) is 19.3 Å². The van der Waals surface area contributed by atoms with Gasteiger partial charge in [0.15, 0.2) is 6.10 Å². The van der Waals surface area contributed by atoms with E-state index in [1.807, 2.05) is 0 Å². The van der Waals surface area contributed by atoms with Crippen LogP contribution >= 0.6 is 0 Å². The van der Waals surface area contributed by atoms with E-state index in [-0.39, 0.29) is 31.1 Å². The van der Waals surface area contributed by atoms with Gasteiger partial charge in [0.25, 0.3) is 0 Å². The number of hydrogen-bond acceptors (Lipinski definition) is 6. The Morgan fingerprint density at radius 3 is 0.851 bits per heavy atom. The fraction of sp³-hybridized carbons (Fsp3) is 0.927. The van der Waals surface area contributed by atoms with Gasteiger partial charge in [0.1, 0.15) is 13.2 Å². The van der Waals surface area contributed by atoms with Gasteiger partial charge in [-0.2, -0.15) is 0 Å². The van der Waals surface area contributed by atoms with Crippen molar-refractivity contribution in [2.24, 2.45) is 0 Å². The zero-order valence-electron chi connectivity index (χ0n) is 31.6. The fourth-order valence-corrected chi connectivity index (χ4v) is 5.97. The van der Waals surface area contributed by atoms with Crippen LogP contribution in [0.4, 0.5) is 0 Å². The minimum absolute atomic E-state index is 0.0639. The predicted octanol–water partition coefficient (Wildman–Crippen LogP) is 12.5. The molecule has 0 aliphatic rings. The normalized spacial score (nSPS) is 11.8. The zero-order valence-corrected chi connectivity index (χ0v) is 31.6. The molecule has 0 fully saturated rings. The highest BCUT2D eigenvalue weighted by molar-refractivity contribution is 5.71. The molecule has 0 aromatic heterocycles. The maximum atomic E-state index is 12.6. The highest BCUT2D eigenvalue weighted by atomic mass is 16.6. The molecule has 0 saturated carbocycles. The maximum absolute atomic E-state index is 12.6. The molecular weight excluding hydrogens is 588 g/mol. The van der Waals surface area contributed by atoms with E-state index in [9.17, 15) is 14.4 Å². The molecule has 0 amide bonds. The third-order valence-corrected chi connectivity index (χ3v) is 9.11. The number of hydrogen-bond donors (Lipinski definition) is 0. The van der Waals surface area contributed by atoms with Crippen molar-refractivity contribution < 1.29 is 28.6 Å². The van der Waals surface area contributed by atoms with Gasteiger partial charge < -0.3 is 14.2 Å². The van der Waals surface area contributed by atoms with Crippen molar-refractivity contribution in [3.63, 3.8) is 0 Å². The van der Waals surface area contributed by atoms with Crippen LogP contribution in [0, 0.1) is 0 Å². The van der Waals surface area contributed by atoms with E-state index in [1.165, 1.54) is 128 Å². The summed E-state index contributed by atoms with van der Waals surface area (Å²) in [6.07, 6.45) is 35.2. The molecule has 1 atom stereocenters. The third-order valence-electron chi connectivity index (χ3n) is 9.11. The summed E-state index contributed by atoms with van der Waals surface area (Å²) in [7, 11) is 0. The van der Waals surface area contributed by atoms with Crippen LogP contribution in [0.3, 0.4) is 0 Å². The van der Waals surface area contributed by atoms with Gasteiger partial charge in [-0.15, -0.1) is 0 Å². The minimum atomic E-state index is -0.755.